The van der Waals surface area contributed by atoms with E-state index in [0.29, 0.717) is 0 Å². The fraction of sp³-hybridized carbons (Fsp3) is 0.286. The molecule has 0 unspecified atom stereocenters. The number of rotatable bonds is 2. The summed E-state index contributed by atoms with van der Waals surface area (Å²) in [4.78, 5) is 18.6. The minimum Gasteiger partial charge on any atom is -0.320 e. The molecule has 0 aliphatic carbocycles. The predicted molar refractivity (Wildman–Crippen MR) is 54.3 cm³/mol. The van der Waals surface area contributed by atoms with Crippen molar-refractivity contribution in [3.05, 3.63) is 16.4 Å². The number of carbonyl (C=O) groups excluding carboxylic acids is 1. The molecule has 76 valence electrons. The van der Waals surface area contributed by atoms with Crippen LogP contribution in [-0.4, -0.2) is 21.9 Å². The van der Waals surface area contributed by atoms with Gasteiger partial charge in [-0.05, 0) is 6.92 Å². The third kappa shape index (κ3) is 3.10. The maximum atomic E-state index is 11.1. The van der Waals surface area contributed by atoms with Crippen molar-refractivity contribution in [1.29, 1.82) is 0 Å². The number of anilines is 1. The fourth-order valence-corrected chi connectivity index (χ4v) is 1.09. The lowest BCUT2D eigenvalue weighted by atomic mass is 10.3. The number of hydrogen-bond acceptors (Lipinski definition) is 4. The van der Waals surface area contributed by atoms with Gasteiger partial charge in [0.2, 0.25) is 11.9 Å². The highest BCUT2D eigenvalue weighted by molar-refractivity contribution is 6.33. The molecule has 1 aromatic heterocycles. The molecule has 0 aliphatic rings. The summed E-state index contributed by atoms with van der Waals surface area (Å²) in [5.41, 5.74) is 5.33. The van der Waals surface area contributed by atoms with Gasteiger partial charge in [0, 0.05) is 6.07 Å². The standard InChI is InChI=1S/C7H8Cl2N4O/c1-3(10)6(14)13-7-11-4(8)2-5(9)12-7/h2-3H,10H2,1H3,(H,11,12,13,14)/t3-/m0/s1. The van der Waals surface area contributed by atoms with Crippen LogP contribution in [0.25, 0.3) is 0 Å². The normalized spacial score (nSPS) is 12.3. The Balaban J connectivity index is 2.82. The Kier molecular flexibility index (Phi) is 3.62. The van der Waals surface area contributed by atoms with Crippen molar-refractivity contribution in [2.45, 2.75) is 13.0 Å². The van der Waals surface area contributed by atoms with Crippen molar-refractivity contribution in [3.8, 4) is 0 Å². The largest absolute Gasteiger partial charge is 0.320 e. The molecule has 0 saturated heterocycles. The molecular weight excluding hydrogens is 227 g/mol. The maximum Gasteiger partial charge on any atom is 0.243 e. The molecule has 7 heteroatoms. The molecule has 1 heterocycles. The van der Waals surface area contributed by atoms with E-state index in [4.69, 9.17) is 28.9 Å². The molecule has 0 aliphatic heterocycles. The molecule has 3 N–H and O–H groups in total. The van der Waals surface area contributed by atoms with E-state index in [1.54, 1.807) is 6.92 Å². The number of hydrogen-bond donors (Lipinski definition) is 2. The summed E-state index contributed by atoms with van der Waals surface area (Å²) in [7, 11) is 0. The highest BCUT2D eigenvalue weighted by Gasteiger charge is 2.10. The zero-order chi connectivity index (χ0) is 10.7. The summed E-state index contributed by atoms with van der Waals surface area (Å²) in [6.07, 6.45) is 0. The first-order chi connectivity index (χ1) is 6.49. The van der Waals surface area contributed by atoms with Crippen LogP contribution in [0, 0.1) is 0 Å². The lowest BCUT2D eigenvalue weighted by Crippen LogP contribution is -2.33. The van der Waals surface area contributed by atoms with E-state index in [0.717, 1.165) is 0 Å². The van der Waals surface area contributed by atoms with Gasteiger partial charge >= 0.3 is 0 Å². The number of nitrogens with zero attached hydrogens (tertiary/aromatic N) is 2. The van der Waals surface area contributed by atoms with Gasteiger partial charge in [-0.3, -0.25) is 10.1 Å². The Morgan fingerprint density at radius 3 is 2.43 bits per heavy atom. The third-order valence-corrected chi connectivity index (χ3v) is 1.70. The Morgan fingerprint density at radius 2 is 2.00 bits per heavy atom. The Morgan fingerprint density at radius 1 is 1.50 bits per heavy atom. The van der Waals surface area contributed by atoms with Crippen molar-refractivity contribution in [3.63, 3.8) is 0 Å². The molecule has 0 radical (unpaired) electrons. The smallest absolute Gasteiger partial charge is 0.243 e. The number of amides is 1. The second kappa shape index (κ2) is 4.54. The van der Waals surface area contributed by atoms with Crippen molar-refractivity contribution in [2.75, 3.05) is 5.32 Å². The van der Waals surface area contributed by atoms with Crippen molar-refractivity contribution < 1.29 is 4.79 Å². The summed E-state index contributed by atoms with van der Waals surface area (Å²) >= 11 is 11.2. The number of nitrogens with one attached hydrogen (secondary N) is 1. The first-order valence-corrected chi connectivity index (χ1v) is 4.51. The van der Waals surface area contributed by atoms with Crippen LogP contribution >= 0.6 is 23.2 Å². The van der Waals surface area contributed by atoms with E-state index < -0.39 is 11.9 Å². The van der Waals surface area contributed by atoms with Gasteiger partial charge < -0.3 is 5.73 Å². The SMILES string of the molecule is C[C@H](N)C(=O)Nc1nc(Cl)cc(Cl)n1. The fourth-order valence-electron chi connectivity index (χ4n) is 0.670. The van der Waals surface area contributed by atoms with Crippen molar-refractivity contribution >= 4 is 35.1 Å². The van der Waals surface area contributed by atoms with Crippen LogP contribution in [0.15, 0.2) is 6.07 Å². The average molecular weight is 235 g/mol. The monoisotopic (exact) mass is 234 g/mol. The van der Waals surface area contributed by atoms with E-state index in [1.807, 2.05) is 0 Å². The summed E-state index contributed by atoms with van der Waals surface area (Å²) in [6, 6.07) is 0.723. The topological polar surface area (TPSA) is 80.9 Å². The van der Waals surface area contributed by atoms with Crippen LogP contribution in [0.2, 0.25) is 10.3 Å². The van der Waals surface area contributed by atoms with Crippen LogP contribution in [0.4, 0.5) is 5.95 Å². The average Bonchev–Trinajstić information content (AvgIpc) is 2.01. The summed E-state index contributed by atoms with van der Waals surface area (Å²) in [6.45, 7) is 1.54. The molecule has 14 heavy (non-hydrogen) atoms. The molecule has 5 nitrogen and oxygen atoms in total. The first-order valence-electron chi connectivity index (χ1n) is 3.75. The lowest BCUT2D eigenvalue weighted by molar-refractivity contribution is -0.117. The maximum absolute atomic E-state index is 11.1. The third-order valence-electron chi connectivity index (χ3n) is 1.31. The van der Waals surface area contributed by atoms with Gasteiger partial charge in [0.15, 0.2) is 0 Å². The van der Waals surface area contributed by atoms with Crippen LogP contribution in [0.3, 0.4) is 0 Å². The Hall–Kier alpha value is -0.910. The minimum atomic E-state index is -0.642. The molecule has 1 amide bonds. The van der Waals surface area contributed by atoms with E-state index in [2.05, 4.69) is 15.3 Å². The van der Waals surface area contributed by atoms with Crippen LogP contribution in [0.5, 0.6) is 0 Å². The number of halogens is 2. The summed E-state index contributed by atoms with van der Waals surface area (Å²) < 4.78 is 0. The summed E-state index contributed by atoms with van der Waals surface area (Å²) in [5, 5.41) is 2.68. The molecular formula is C7H8Cl2N4O. The van der Waals surface area contributed by atoms with Gasteiger partial charge in [0.05, 0.1) is 6.04 Å². The van der Waals surface area contributed by atoms with E-state index >= 15 is 0 Å². The highest BCUT2D eigenvalue weighted by atomic mass is 35.5. The molecule has 1 aromatic rings. The van der Waals surface area contributed by atoms with Crippen LogP contribution < -0.4 is 11.1 Å². The van der Waals surface area contributed by atoms with Crippen LogP contribution in [0.1, 0.15) is 6.92 Å². The zero-order valence-corrected chi connectivity index (χ0v) is 8.80. The molecule has 0 saturated carbocycles. The number of nitrogens with two attached hydrogens (primary N) is 1. The predicted octanol–water partition coefficient (Wildman–Crippen LogP) is 1.07. The van der Waals surface area contributed by atoms with Gasteiger partial charge in [-0.1, -0.05) is 23.2 Å². The van der Waals surface area contributed by atoms with Gasteiger partial charge in [-0.15, -0.1) is 0 Å². The molecule has 1 rings (SSSR count). The molecule has 0 fully saturated rings. The van der Waals surface area contributed by atoms with Crippen molar-refractivity contribution in [1.82, 2.24) is 9.97 Å². The van der Waals surface area contributed by atoms with E-state index in [-0.39, 0.29) is 16.3 Å². The lowest BCUT2D eigenvalue weighted by Gasteiger charge is -2.06. The molecule has 0 bridgehead atoms. The van der Waals surface area contributed by atoms with E-state index in [9.17, 15) is 4.79 Å². The second-order valence-electron chi connectivity index (χ2n) is 2.61. The van der Waals surface area contributed by atoms with Crippen LogP contribution in [-0.2, 0) is 4.79 Å². The number of carbonyl (C=O) groups is 1. The molecule has 0 aromatic carbocycles. The Bertz CT molecular complexity index is 335. The first kappa shape index (κ1) is 11.2. The summed E-state index contributed by atoms with van der Waals surface area (Å²) in [5.74, 6) is -0.354. The number of aromatic nitrogens is 2. The highest BCUT2D eigenvalue weighted by Crippen LogP contribution is 2.13. The Labute approximate surface area is 90.6 Å². The molecule has 1 atom stereocenters. The minimum absolute atomic E-state index is 0.0461. The van der Waals surface area contributed by atoms with Gasteiger partial charge in [0.25, 0.3) is 0 Å². The van der Waals surface area contributed by atoms with Gasteiger partial charge in [0.1, 0.15) is 10.3 Å². The second-order valence-corrected chi connectivity index (χ2v) is 3.39. The zero-order valence-electron chi connectivity index (χ0n) is 7.29. The molecule has 0 spiro atoms. The van der Waals surface area contributed by atoms with E-state index in [1.165, 1.54) is 6.07 Å². The quantitative estimate of drug-likeness (QED) is 0.751. The van der Waals surface area contributed by atoms with Gasteiger partial charge in [-0.2, -0.15) is 0 Å². The van der Waals surface area contributed by atoms with Gasteiger partial charge in [-0.25, -0.2) is 9.97 Å². The van der Waals surface area contributed by atoms with Crippen molar-refractivity contribution in [2.24, 2.45) is 5.73 Å².